The number of ether oxygens (including phenoxy) is 3. The van der Waals surface area contributed by atoms with Gasteiger partial charge in [0, 0.05) is 24.7 Å². The highest BCUT2D eigenvalue weighted by molar-refractivity contribution is 9.10. The van der Waals surface area contributed by atoms with E-state index in [-0.39, 0.29) is 17.1 Å². The minimum atomic E-state index is -0.629. The van der Waals surface area contributed by atoms with Crippen LogP contribution in [-0.4, -0.2) is 38.2 Å². The first-order valence-corrected chi connectivity index (χ1v) is 12.7. The molecule has 190 valence electrons. The number of nitrogens with zero attached hydrogens (tertiary/aromatic N) is 1. The SMILES string of the molecule is COCCCN1C(=O)c2oc3ccc(Br)cc3c(=O)c2C1c1ccc(OCc2ccccc2)c(OC)c1. The van der Waals surface area contributed by atoms with Crippen molar-refractivity contribution < 1.29 is 23.4 Å². The Morgan fingerprint density at radius 3 is 2.54 bits per heavy atom. The molecule has 0 fully saturated rings. The minimum absolute atomic E-state index is 0.0746. The molecule has 0 spiro atoms. The van der Waals surface area contributed by atoms with Gasteiger partial charge in [0.2, 0.25) is 5.76 Å². The molecule has 0 bridgehead atoms. The van der Waals surface area contributed by atoms with Crippen LogP contribution in [0.25, 0.3) is 11.0 Å². The van der Waals surface area contributed by atoms with E-state index in [1.54, 1.807) is 37.3 Å². The van der Waals surface area contributed by atoms with Crippen LogP contribution >= 0.6 is 15.9 Å². The quantitative estimate of drug-likeness (QED) is 0.242. The van der Waals surface area contributed by atoms with Crippen molar-refractivity contribution in [1.82, 2.24) is 4.90 Å². The van der Waals surface area contributed by atoms with Crippen molar-refractivity contribution in [2.45, 2.75) is 19.1 Å². The first kappa shape index (κ1) is 25.0. The van der Waals surface area contributed by atoms with E-state index >= 15 is 0 Å². The number of carbonyl (C=O) groups excluding carboxylic acids is 1. The number of amides is 1. The van der Waals surface area contributed by atoms with Crippen LogP contribution in [0.2, 0.25) is 0 Å². The van der Waals surface area contributed by atoms with Gasteiger partial charge in [0.05, 0.1) is 24.1 Å². The van der Waals surface area contributed by atoms with E-state index in [0.29, 0.717) is 54.2 Å². The summed E-state index contributed by atoms with van der Waals surface area (Å²) in [6, 6.07) is 19.9. The molecular formula is C29H26BrNO6. The second-order valence-corrected chi connectivity index (χ2v) is 9.66. The molecule has 1 aromatic heterocycles. The van der Waals surface area contributed by atoms with Crippen molar-refractivity contribution in [2.75, 3.05) is 27.4 Å². The van der Waals surface area contributed by atoms with E-state index in [4.69, 9.17) is 18.6 Å². The monoisotopic (exact) mass is 563 g/mol. The molecule has 7 nitrogen and oxygen atoms in total. The molecule has 1 amide bonds. The summed E-state index contributed by atoms with van der Waals surface area (Å²) in [4.78, 5) is 28.9. The van der Waals surface area contributed by atoms with Crippen molar-refractivity contribution in [3.8, 4) is 11.5 Å². The summed E-state index contributed by atoms with van der Waals surface area (Å²) >= 11 is 3.43. The normalized spacial score (nSPS) is 14.7. The molecule has 37 heavy (non-hydrogen) atoms. The van der Waals surface area contributed by atoms with Crippen LogP contribution in [0.15, 0.2) is 80.4 Å². The molecule has 1 aliphatic rings. The first-order chi connectivity index (χ1) is 18.0. The molecule has 4 aromatic rings. The fourth-order valence-electron chi connectivity index (χ4n) is 4.66. The van der Waals surface area contributed by atoms with Gasteiger partial charge in [0.15, 0.2) is 16.9 Å². The molecule has 0 aliphatic carbocycles. The molecular weight excluding hydrogens is 538 g/mol. The standard InChI is InChI=1S/C29H26BrNO6/c1-34-14-6-13-31-26(25-27(32)21-16-20(30)10-12-22(21)37-28(25)29(31)33)19-9-11-23(24(15-19)35-2)36-17-18-7-4-3-5-8-18/h3-5,7-12,15-16,26H,6,13-14,17H2,1-2H3. The predicted octanol–water partition coefficient (Wildman–Crippen LogP) is 5.72. The minimum Gasteiger partial charge on any atom is -0.493 e. The van der Waals surface area contributed by atoms with E-state index in [1.165, 1.54) is 0 Å². The second-order valence-electron chi connectivity index (χ2n) is 8.75. The Bertz CT molecular complexity index is 1500. The number of fused-ring (bicyclic) bond motifs is 2. The average Bonchev–Trinajstić information content (AvgIpc) is 3.20. The van der Waals surface area contributed by atoms with E-state index in [0.717, 1.165) is 15.6 Å². The molecule has 0 radical (unpaired) electrons. The smallest absolute Gasteiger partial charge is 0.290 e. The molecule has 8 heteroatoms. The molecule has 2 heterocycles. The zero-order valence-corrected chi connectivity index (χ0v) is 22.1. The number of carbonyl (C=O) groups is 1. The number of rotatable bonds is 9. The average molecular weight is 564 g/mol. The fraction of sp³-hybridized carbons (Fsp3) is 0.241. The number of halogens is 1. The van der Waals surface area contributed by atoms with E-state index in [1.807, 2.05) is 48.5 Å². The Labute approximate surface area is 222 Å². The van der Waals surface area contributed by atoms with Crippen molar-refractivity contribution >= 4 is 32.8 Å². The molecule has 1 aliphatic heterocycles. The molecule has 3 aromatic carbocycles. The lowest BCUT2D eigenvalue weighted by Gasteiger charge is -2.25. The van der Waals surface area contributed by atoms with Gasteiger partial charge in [-0.15, -0.1) is 0 Å². The lowest BCUT2D eigenvalue weighted by Crippen LogP contribution is -2.31. The molecule has 1 unspecified atom stereocenters. The van der Waals surface area contributed by atoms with Crippen molar-refractivity contribution in [2.24, 2.45) is 0 Å². The zero-order valence-electron chi connectivity index (χ0n) is 20.5. The highest BCUT2D eigenvalue weighted by Gasteiger charge is 2.42. The third-order valence-corrected chi connectivity index (χ3v) is 6.91. The summed E-state index contributed by atoms with van der Waals surface area (Å²) in [5.74, 6) is 0.839. The number of benzene rings is 3. The maximum absolute atomic E-state index is 13.7. The Hall–Kier alpha value is -3.62. The van der Waals surface area contributed by atoms with Crippen LogP contribution in [0, 0.1) is 0 Å². The summed E-state index contributed by atoms with van der Waals surface area (Å²) in [5, 5.41) is 0.416. The maximum Gasteiger partial charge on any atom is 0.290 e. The number of methoxy groups -OCH3 is 2. The molecule has 0 saturated carbocycles. The van der Waals surface area contributed by atoms with Crippen molar-refractivity contribution in [1.29, 1.82) is 0 Å². The Morgan fingerprint density at radius 2 is 1.78 bits per heavy atom. The Balaban J connectivity index is 1.57. The zero-order chi connectivity index (χ0) is 25.9. The van der Waals surface area contributed by atoms with Crippen molar-refractivity contribution in [3.63, 3.8) is 0 Å². The van der Waals surface area contributed by atoms with Gasteiger partial charge < -0.3 is 23.5 Å². The van der Waals surface area contributed by atoms with Gasteiger partial charge in [-0.05, 0) is 47.9 Å². The second kappa shape index (κ2) is 10.8. The summed E-state index contributed by atoms with van der Waals surface area (Å²) in [6.07, 6.45) is 0.612. The van der Waals surface area contributed by atoms with Crippen LogP contribution in [0.5, 0.6) is 11.5 Å². The van der Waals surface area contributed by atoms with Crippen LogP contribution in [0.4, 0.5) is 0 Å². The maximum atomic E-state index is 13.7. The number of hydrogen-bond acceptors (Lipinski definition) is 6. The van der Waals surface area contributed by atoms with Gasteiger partial charge in [0.1, 0.15) is 12.2 Å². The summed E-state index contributed by atoms with van der Waals surface area (Å²) in [7, 11) is 3.19. The van der Waals surface area contributed by atoms with E-state index in [2.05, 4.69) is 15.9 Å². The van der Waals surface area contributed by atoms with E-state index < -0.39 is 6.04 Å². The summed E-state index contributed by atoms with van der Waals surface area (Å²) in [6.45, 7) is 1.27. The van der Waals surface area contributed by atoms with Crippen molar-refractivity contribution in [3.05, 3.63) is 104 Å². The molecule has 0 N–H and O–H groups in total. The fourth-order valence-corrected chi connectivity index (χ4v) is 5.02. The Kier molecular flexibility index (Phi) is 7.30. The van der Waals surface area contributed by atoms with Gasteiger partial charge in [-0.3, -0.25) is 9.59 Å². The van der Waals surface area contributed by atoms with Gasteiger partial charge in [-0.25, -0.2) is 0 Å². The molecule has 0 saturated heterocycles. The largest absolute Gasteiger partial charge is 0.493 e. The molecule has 5 rings (SSSR count). The lowest BCUT2D eigenvalue weighted by molar-refractivity contribution is 0.0707. The highest BCUT2D eigenvalue weighted by atomic mass is 79.9. The van der Waals surface area contributed by atoms with Crippen LogP contribution in [-0.2, 0) is 11.3 Å². The van der Waals surface area contributed by atoms with Crippen LogP contribution < -0.4 is 14.9 Å². The molecule has 1 atom stereocenters. The third kappa shape index (κ3) is 4.86. The van der Waals surface area contributed by atoms with Gasteiger partial charge in [-0.1, -0.05) is 52.3 Å². The highest BCUT2D eigenvalue weighted by Crippen LogP contribution is 2.41. The predicted molar refractivity (Wildman–Crippen MR) is 143 cm³/mol. The third-order valence-electron chi connectivity index (χ3n) is 6.42. The van der Waals surface area contributed by atoms with Gasteiger partial charge in [0.25, 0.3) is 5.91 Å². The number of hydrogen-bond donors (Lipinski definition) is 0. The summed E-state index contributed by atoms with van der Waals surface area (Å²) < 4.78 is 23.6. The summed E-state index contributed by atoms with van der Waals surface area (Å²) in [5.41, 5.74) is 2.24. The van der Waals surface area contributed by atoms with Gasteiger partial charge in [-0.2, -0.15) is 0 Å². The van der Waals surface area contributed by atoms with E-state index in [9.17, 15) is 9.59 Å². The van der Waals surface area contributed by atoms with Crippen LogP contribution in [0.3, 0.4) is 0 Å². The Morgan fingerprint density at radius 1 is 0.973 bits per heavy atom. The first-order valence-electron chi connectivity index (χ1n) is 11.9. The van der Waals surface area contributed by atoms with Crippen LogP contribution in [0.1, 0.15) is 39.7 Å². The lowest BCUT2D eigenvalue weighted by atomic mass is 9.98. The topological polar surface area (TPSA) is 78.2 Å². The van der Waals surface area contributed by atoms with Gasteiger partial charge >= 0.3 is 0 Å².